The summed E-state index contributed by atoms with van der Waals surface area (Å²) in [4.78, 5) is 21.6. The first-order valence-corrected chi connectivity index (χ1v) is 6.22. The van der Waals surface area contributed by atoms with Crippen LogP contribution in [0.15, 0.2) is 0 Å². The lowest BCUT2D eigenvalue weighted by Crippen LogP contribution is -2.08. The molecule has 0 amide bonds. The molecule has 0 spiro atoms. The van der Waals surface area contributed by atoms with Crippen molar-refractivity contribution in [1.29, 1.82) is 0 Å². The Bertz CT molecular complexity index is 185. The van der Waals surface area contributed by atoms with Crippen LogP contribution in [0.25, 0.3) is 0 Å². The molecule has 0 aromatic rings. The third-order valence-electron chi connectivity index (χ3n) is 2.65. The summed E-state index contributed by atoms with van der Waals surface area (Å²) in [5.41, 5.74) is 0. The fraction of sp³-hybridized carbons (Fsp3) is 0.846. The highest BCUT2D eigenvalue weighted by Gasteiger charge is 2.05. The molecule has 0 aromatic heterocycles. The average Bonchev–Trinajstić information content (AvgIpc) is 2.21. The lowest BCUT2D eigenvalue weighted by Gasteiger charge is -2.00. The van der Waals surface area contributed by atoms with Gasteiger partial charge in [0, 0.05) is 13.3 Å². The second-order valence-corrected chi connectivity index (χ2v) is 4.20. The SMILES string of the molecule is CCCCCCCCCCC(=O)C(C)=O. The molecule has 88 valence electrons. The standard InChI is InChI=1S/C13H24O2/c1-3-4-5-6-7-8-9-10-11-13(15)12(2)14/h3-11H2,1-2H3. The van der Waals surface area contributed by atoms with Gasteiger partial charge in [0.25, 0.3) is 0 Å². The van der Waals surface area contributed by atoms with Gasteiger partial charge in [-0.2, -0.15) is 0 Å². The summed E-state index contributed by atoms with van der Waals surface area (Å²) < 4.78 is 0. The van der Waals surface area contributed by atoms with Gasteiger partial charge in [0.15, 0.2) is 11.6 Å². The Hall–Kier alpha value is -0.660. The zero-order valence-electron chi connectivity index (χ0n) is 10.2. The van der Waals surface area contributed by atoms with E-state index in [0.29, 0.717) is 6.42 Å². The molecule has 0 radical (unpaired) electrons. The predicted molar refractivity (Wildman–Crippen MR) is 62.9 cm³/mol. The minimum atomic E-state index is -0.294. The van der Waals surface area contributed by atoms with Crippen LogP contribution in [0.1, 0.15) is 71.6 Å². The second-order valence-electron chi connectivity index (χ2n) is 4.20. The number of carbonyl (C=O) groups is 2. The molecule has 0 atom stereocenters. The van der Waals surface area contributed by atoms with Gasteiger partial charge in [-0.05, 0) is 6.42 Å². The number of hydrogen-bond acceptors (Lipinski definition) is 2. The van der Waals surface area contributed by atoms with Crippen molar-refractivity contribution in [2.24, 2.45) is 0 Å². The van der Waals surface area contributed by atoms with Crippen LogP contribution in [-0.2, 0) is 9.59 Å². The van der Waals surface area contributed by atoms with E-state index in [9.17, 15) is 9.59 Å². The van der Waals surface area contributed by atoms with Crippen LogP contribution in [0.3, 0.4) is 0 Å². The number of rotatable bonds is 10. The van der Waals surface area contributed by atoms with E-state index in [1.165, 1.54) is 45.4 Å². The molecule has 0 aromatic carbocycles. The van der Waals surface area contributed by atoms with E-state index in [-0.39, 0.29) is 11.6 Å². The maximum Gasteiger partial charge on any atom is 0.198 e. The zero-order valence-corrected chi connectivity index (χ0v) is 10.2. The Balaban J connectivity index is 3.11. The fourth-order valence-electron chi connectivity index (χ4n) is 1.60. The molecule has 0 aliphatic heterocycles. The van der Waals surface area contributed by atoms with Crippen molar-refractivity contribution < 1.29 is 9.59 Å². The first-order chi connectivity index (χ1) is 7.18. The minimum absolute atomic E-state index is 0.207. The maximum absolute atomic E-state index is 11.0. The molecular formula is C13H24O2. The molecular weight excluding hydrogens is 188 g/mol. The van der Waals surface area contributed by atoms with E-state index in [2.05, 4.69) is 6.92 Å². The van der Waals surface area contributed by atoms with E-state index in [4.69, 9.17) is 0 Å². The lowest BCUT2D eigenvalue weighted by molar-refractivity contribution is -0.135. The third kappa shape index (κ3) is 9.64. The van der Waals surface area contributed by atoms with Crippen LogP contribution in [0.4, 0.5) is 0 Å². The minimum Gasteiger partial charge on any atom is -0.291 e. The first kappa shape index (κ1) is 14.3. The molecule has 2 nitrogen and oxygen atoms in total. The predicted octanol–water partition coefficient (Wildman–Crippen LogP) is 3.68. The first-order valence-electron chi connectivity index (χ1n) is 6.22. The molecule has 15 heavy (non-hydrogen) atoms. The fourth-order valence-corrected chi connectivity index (χ4v) is 1.60. The van der Waals surface area contributed by atoms with Gasteiger partial charge in [-0.3, -0.25) is 9.59 Å². The van der Waals surface area contributed by atoms with Gasteiger partial charge in [-0.1, -0.05) is 51.9 Å². The quantitative estimate of drug-likeness (QED) is 0.409. The highest BCUT2D eigenvalue weighted by molar-refractivity contribution is 6.36. The Labute approximate surface area is 93.4 Å². The number of Topliss-reactive ketones (excluding diaryl/α,β-unsaturated/α-hetero) is 2. The van der Waals surface area contributed by atoms with Crippen molar-refractivity contribution in [3.63, 3.8) is 0 Å². The van der Waals surface area contributed by atoms with Gasteiger partial charge in [-0.15, -0.1) is 0 Å². The van der Waals surface area contributed by atoms with Crippen molar-refractivity contribution in [2.45, 2.75) is 71.6 Å². The van der Waals surface area contributed by atoms with Gasteiger partial charge >= 0.3 is 0 Å². The summed E-state index contributed by atoms with van der Waals surface area (Å²) >= 11 is 0. The topological polar surface area (TPSA) is 34.1 Å². The summed E-state index contributed by atoms with van der Waals surface area (Å²) in [7, 11) is 0. The average molecular weight is 212 g/mol. The summed E-state index contributed by atoms with van der Waals surface area (Å²) in [6, 6.07) is 0. The smallest absolute Gasteiger partial charge is 0.198 e. The van der Waals surface area contributed by atoms with Gasteiger partial charge < -0.3 is 0 Å². The summed E-state index contributed by atoms with van der Waals surface area (Å²) in [5, 5.41) is 0. The van der Waals surface area contributed by atoms with Gasteiger partial charge in [-0.25, -0.2) is 0 Å². The second kappa shape index (κ2) is 9.88. The van der Waals surface area contributed by atoms with Crippen molar-refractivity contribution in [2.75, 3.05) is 0 Å². The Morgan fingerprint density at radius 3 is 1.73 bits per heavy atom. The molecule has 0 saturated heterocycles. The van der Waals surface area contributed by atoms with E-state index in [0.717, 1.165) is 12.8 Å². The van der Waals surface area contributed by atoms with Crippen LogP contribution in [0, 0.1) is 0 Å². The van der Waals surface area contributed by atoms with E-state index < -0.39 is 0 Å². The van der Waals surface area contributed by atoms with E-state index in [1.54, 1.807) is 0 Å². The van der Waals surface area contributed by atoms with Crippen LogP contribution < -0.4 is 0 Å². The molecule has 0 aliphatic carbocycles. The lowest BCUT2D eigenvalue weighted by atomic mass is 10.1. The largest absolute Gasteiger partial charge is 0.291 e. The van der Waals surface area contributed by atoms with Gasteiger partial charge in [0.2, 0.25) is 0 Å². The molecule has 0 fully saturated rings. The third-order valence-corrected chi connectivity index (χ3v) is 2.65. The van der Waals surface area contributed by atoms with Crippen LogP contribution >= 0.6 is 0 Å². The van der Waals surface area contributed by atoms with Crippen LogP contribution in [0.5, 0.6) is 0 Å². The molecule has 0 saturated carbocycles. The number of unbranched alkanes of at least 4 members (excludes halogenated alkanes) is 7. The molecule has 0 unspecified atom stereocenters. The molecule has 0 bridgehead atoms. The van der Waals surface area contributed by atoms with Crippen LogP contribution in [-0.4, -0.2) is 11.6 Å². The summed E-state index contributed by atoms with van der Waals surface area (Å²) in [6.45, 7) is 3.57. The number of carbonyl (C=O) groups excluding carboxylic acids is 2. The van der Waals surface area contributed by atoms with Crippen molar-refractivity contribution in [1.82, 2.24) is 0 Å². The molecule has 0 N–H and O–H groups in total. The van der Waals surface area contributed by atoms with Crippen molar-refractivity contribution in [3.05, 3.63) is 0 Å². The Kier molecular flexibility index (Phi) is 9.44. The molecule has 0 heterocycles. The Morgan fingerprint density at radius 1 is 0.800 bits per heavy atom. The highest BCUT2D eigenvalue weighted by Crippen LogP contribution is 2.09. The normalized spacial score (nSPS) is 10.3. The molecule has 2 heteroatoms. The van der Waals surface area contributed by atoms with Crippen molar-refractivity contribution >= 4 is 11.6 Å². The van der Waals surface area contributed by atoms with E-state index in [1.807, 2.05) is 0 Å². The molecule has 0 aliphatic rings. The highest BCUT2D eigenvalue weighted by atomic mass is 16.2. The number of hydrogen-bond donors (Lipinski definition) is 0. The summed E-state index contributed by atoms with van der Waals surface area (Å²) in [6.07, 6.45) is 10.2. The number of ketones is 2. The van der Waals surface area contributed by atoms with Gasteiger partial charge in [0.05, 0.1) is 0 Å². The monoisotopic (exact) mass is 212 g/mol. The van der Waals surface area contributed by atoms with Gasteiger partial charge in [0.1, 0.15) is 0 Å². The Morgan fingerprint density at radius 2 is 1.27 bits per heavy atom. The van der Waals surface area contributed by atoms with E-state index >= 15 is 0 Å². The molecule has 0 rings (SSSR count). The zero-order chi connectivity index (χ0) is 11.5. The maximum atomic E-state index is 11.0. The summed E-state index contributed by atoms with van der Waals surface area (Å²) in [5.74, 6) is -0.501. The van der Waals surface area contributed by atoms with Crippen molar-refractivity contribution in [3.8, 4) is 0 Å². The van der Waals surface area contributed by atoms with Crippen LogP contribution in [0.2, 0.25) is 0 Å².